The van der Waals surface area contributed by atoms with Crippen molar-refractivity contribution in [3.05, 3.63) is 75.3 Å². The zero-order valence-electron chi connectivity index (χ0n) is 13.3. The number of allylic oxidation sites excluding steroid dienone is 2. The van der Waals surface area contributed by atoms with E-state index in [2.05, 4.69) is 45.5 Å². The fraction of sp³-hybridized carbons (Fsp3) is 0.250. The number of rotatable bonds is 2. The maximum atomic E-state index is 11.4. The number of carbonyl (C=O) groups excluding carboxylic acids is 1. The molecule has 0 radical (unpaired) electrons. The van der Waals surface area contributed by atoms with E-state index < -0.39 is 5.97 Å². The maximum absolute atomic E-state index is 11.4. The van der Waals surface area contributed by atoms with Crippen molar-refractivity contribution < 1.29 is 9.90 Å². The summed E-state index contributed by atoms with van der Waals surface area (Å²) >= 11 is 3.55. The zero-order valence-corrected chi connectivity index (χ0v) is 14.8. The van der Waals surface area contributed by atoms with Crippen LogP contribution in [0.2, 0.25) is 0 Å². The van der Waals surface area contributed by atoms with E-state index >= 15 is 0 Å². The fourth-order valence-electron chi connectivity index (χ4n) is 4.07. The Labute approximate surface area is 149 Å². The number of carboxylic acid groups (broad SMARTS) is 1. The average molecular weight is 383 g/mol. The molecule has 0 unspecified atom stereocenters. The van der Waals surface area contributed by atoms with Gasteiger partial charge in [0.2, 0.25) is 0 Å². The largest absolute Gasteiger partial charge is 0.545 e. The summed E-state index contributed by atoms with van der Waals surface area (Å²) in [4.78, 5) is 11.4. The number of benzene rings is 2. The smallest absolute Gasteiger partial charge is 0.0718 e. The van der Waals surface area contributed by atoms with Gasteiger partial charge in [0.1, 0.15) is 0 Å². The highest BCUT2D eigenvalue weighted by Gasteiger charge is 2.38. The highest BCUT2D eigenvalue weighted by atomic mass is 79.9. The Morgan fingerprint density at radius 2 is 2.12 bits per heavy atom. The quantitative estimate of drug-likeness (QED) is 0.800. The van der Waals surface area contributed by atoms with Crippen molar-refractivity contribution in [3.8, 4) is 0 Å². The van der Waals surface area contributed by atoms with Crippen LogP contribution in [0.4, 0.5) is 5.69 Å². The molecule has 24 heavy (non-hydrogen) atoms. The molecule has 0 aromatic heterocycles. The zero-order chi connectivity index (χ0) is 16.8. The molecule has 2 aromatic carbocycles. The molecular formula is C20H17BrNO2-. The fourth-order valence-corrected chi connectivity index (χ4v) is 4.48. The number of halogens is 1. The van der Waals surface area contributed by atoms with Gasteiger partial charge in [0.15, 0.2) is 0 Å². The summed E-state index contributed by atoms with van der Waals surface area (Å²) < 4.78 is 1.05. The van der Waals surface area contributed by atoms with Gasteiger partial charge in [0.25, 0.3) is 0 Å². The molecule has 3 atom stereocenters. The molecule has 0 spiro atoms. The molecule has 1 N–H and O–H groups in total. The molecule has 0 saturated heterocycles. The first-order valence-electron chi connectivity index (χ1n) is 8.10. The minimum atomic E-state index is -1.12. The first-order valence-corrected chi connectivity index (χ1v) is 8.89. The van der Waals surface area contributed by atoms with Crippen LogP contribution in [-0.2, 0) is 0 Å². The lowest BCUT2D eigenvalue weighted by Gasteiger charge is -2.39. The summed E-state index contributed by atoms with van der Waals surface area (Å²) in [6.45, 7) is 1.86. The van der Waals surface area contributed by atoms with Gasteiger partial charge in [-0.2, -0.15) is 0 Å². The van der Waals surface area contributed by atoms with Gasteiger partial charge in [-0.3, -0.25) is 0 Å². The molecule has 4 rings (SSSR count). The predicted octanol–water partition coefficient (Wildman–Crippen LogP) is 3.95. The van der Waals surface area contributed by atoms with Crippen LogP contribution in [0.15, 0.2) is 53.0 Å². The number of aromatic carboxylic acids is 1. The molecule has 0 saturated carbocycles. The monoisotopic (exact) mass is 382 g/mol. The maximum Gasteiger partial charge on any atom is 0.0718 e. The van der Waals surface area contributed by atoms with Crippen LogP contribution >= 0.6 is 15.9 Å². The van der Waals surface area contributed by atoms with Gasteiger partial charge < -0.3 is 15.2 Å². The van der Waals surface area contributed by atoms with Crippen LogP contribution in [0, 0.1) is 12.8 Å². The van der Waals surface area contributed by atoms with Gasteiger partial charge >= 0.3 is 0 Å². The average Bonchev–Trinajstić information content (AvgIpc) is 3.04. The van der Waals surface area contributed by atoms with Crippen molar-refractivity contribution in [1.29, 1.82) is 0 Å². The van der Waals surface area contributed by atoms with Crippen LogP contribution in [0.1, 0.15) is 45.4 Å². The molecule has 1 aliphatic carbocycles. The highest BCUT2D eigenvalue weighted by Crippen LogP contribution is 2.51. The van der Waals surface area contributed by atoms with Crippen molar-refractivity contribution in [2.24, 2.45) is 5.92 Å². The molecule has 0 amide bonds. The summed E-state index contributed by atoms with van der Waals surface area (Å²) in [5, 5.41) is 15.0. The lowest BCUT2D eigenvalue weighted by Crippen LogP contribution is -2.31. The van der Waals surface area contributed by atoms with Crippen molar-refractivity contribution in [2.45, 2.75) is 25.3 Å². The second-order valence-electron chi connectivity index (χ2n) is 6.52. The number of carboxylic acids is 1. The Bertz CT molecular complexity index is 859. The Kier molecular flexibility index (Phi) is 3.72. The first-order chi connectivity index (χ1) is 11.6. The molecule has 1 aliphatic heterocycles. The van der Waals surface area contributed by atoms with Gasteiger partial charge in [-0.15, -0.1) is 0 Å². The van der Waals surface area contributed by atoms with Crippen LogP contribution in [0.3, 0.4) is 0 Å². The Hall–Kier alpha value is -2.07. The first kappa shape index (κ1) is 15.5. The molecular weight excluding hydrogens is 366 g/mol. The van der Waals surface area contributed by atoms with E-state index in [9.17, 15) is 9.90 Å². The van der Waals surface area contributed by atoms with Gasteiger partial charge in [-0.05, 0) is 48.1 Å². The lowest BCUT2D eigenvalue weighted by molar-refractivity contribution is -0.255. The number of carbonyl (C=O) groups is 1. The summed E-state index contributed by atoms with van der Waals surface area (Å²) in [6.07, 6.45) is 5.52. The Morgan fingerprint density at radius 1 is 1.29 bits per heavy atom. The van der Waals surface area contributed by atoms with E-state index in [1.165, 1.54) is 11.1 Å². The van der Waals surface area contributed by atoms with E-state index in [1.807, 2.05) is 25.1 Å². The molecule has 3 nitrogen and oxygen atoms in total. The SMILES string of the molecule is Cc1c(C(=O)[O-])ccc2c1N[C@H](c1cccc(Br)c1)[C@H]1CC=C[C@@H]21. The third-order valence-corrected chi connectivity index (χ3v) is 5.72. The van der Waals surface area contributed by atoms with Crippen molar-refractivity contribution in [3.63, 3.8) is 0 Å². The van der Waals surface area contributed by atoms with Crippen molar-refractivity contribution >= 4 is 27.6 Å². The molecule has 122 valence electrons. The van der Waals surface area contributed by atoms with E-state index in [0.29, 0.717) is 11.8 Å². The lowest BCUT2D eigenvalue weighted by atomic mass is 9.76. The summed E-state index contributed by atoms with van der Waals surface area (Å²) in [5.74, 6) is -0.361. The molecule has 4 heteroatoms. The predicted molar refractivity (Wildman–Crippen MR) is 96.0 cm³/mol. The van der Waals surface area contributed by atoms with Gasteiger partial charge in [0.05, 0.1) is 12.0 Å². The standard InChI is InChI=1S/C20H18BrNO2/c1-11-14(20(23)24)8-9-17-15-6-3-7-16(15)19(22-18(11)17)12-4-2-5-13(21)10-12/h2-6,8-10,15-16,19,22H,7H2,1H3,(H,23,24)/p-1/t15-,16+,19-/m1/s1. The molecule has 1 heterocycles. The molecule has 2 aliphatic rings. The van der Waals surface area contributed by atoms with Crippen LogP contribution < -0.4 is 10.4 Å². The molecule has 0 fully saturated rings. The third kappa shape index (κ3) is 2.37. The van der Waals surface area contributed by atoms with E-state index in [0.717, 1.165) is 22.1 Å². The highest BCUT2D eigenvalue weighted by molar-refractivity contribution is 9.10. The van der Waals surface area contributed by atoms with Gasteiger partial charge in [0, 0.05) is 21.6 Å². The number of nitrogens with one attached hydrogen (secondary N) is 1. The topological polar surface area (TPSA) is 52.2 Å². The van der Waals surface area contributed by atoms with E-state index in [1.54, 1.807) is 6.07 Å². The number of fused-ring (bicyclic) bond motifs is 3. The van der Waals surface area contributed by atoms with Crippen LogP contribution in [-0.4, -0.2) is 5.97 Å². The normalized spacial score (nSPS) is 24.2. The summed E-state index contributed by atoms with van der Waals surface area (Å²) in [6, 6.07) is 12.1. The number of hydrogen-bond acceptors (Lipinski definition) is 3. The minimum Gasteiger partial charge on any atom is -0.545 e. The summed E-state index contributed by atoms with van der Waals surface area (Å²) in [5.41, 5.74) is 4.35. The molecule has 2 aromatic rings. The van der Waals surface area contributed by atoms with Crippen molar-refractivity contribution in [2.75, 3.05) is 5.32 Å². The van der Waals surface area contributed by atoms with Gasteiger partial charge in [-0.1, -0.05) is 52.3 Å². The van der Waals surface area contributed by atoms with Crippen molar-refractivity contribution in [1.82, 2.24) is 0 Å². The Balaban J connectivity index is 1.85. The minimum absolute atomic E-state index is 0.158. The third-order valence-electron chi connectivity index (χ3n) is 5.22. The van der Waals surface area contributed by atoms with Crippen LogP contribution in [0.5, 0.6) is 0 Å². The number of anilines is 1. The van der Waals surface area contributed by atoms with E-state index in [4.69, 9.17) is 0 Å². The van der Waals surface area contributed by atoms with Crippen LogP contribution in [0.25, 0.3) is 0 Å². The summed E-state index contributed by atoms with van der Waals surface area (Å²) in [7, 11) is 0. The second kappa shape index (κ2) is 5.78. The molecule has 0 bridgehead atoms. The second-order valence-corrected chi connectivity index (χ2v) is 7.44. The number of hydrogen-bond donors (Lipinski definition) is 1. The van der Waals surface area contributed by atoms with E-state index in [-0.39, 0.29) is 11.6 Å². The van der Waals surface area contributed by atoms with Gasteiger partial charge in [-0.25, -0.2) is 0 Å². The Morgan fingerprint density at radius 3 is 2.88 bits per heavy atom.